The second-order valence-electron chi connectivity index (χ2n) is 4.91. The molecule has 8 nitrogen and oxygen atoms in total. The number of amides is 1. The van der Waals surface area contributed by atoms with Crippen molar-refractivity contribution in [2.24, 2.45) is 0 Å². The second kappa shape index (κ2) is 10.8. The summed E-state index contributed by atoms with van der Waals surface area (Å²) in [4.78, 5) is 34.6. The van der Waals surface area contributed by atoms with E-state index >= 15 is 0 Å². The van der Waals surface area contributed by atoms with Crippen molar-refractivity contribution in [2.45, 2.75) is 25.2 Å². The third kappa shape index (κ3) is 7.49. The molecule has 0 fully saturated rings. The SMILES string of the molecule is COC(=O)[C@H](/C=C/C[C@H](O)C(=O)OC)NC(=O)OCc1ccccc1. The molecule has 25 heavy (non-hydrogen) atoms. The summed E-state index contributed by atoms with van der Waals surface area (Å²) in [7, 11) is 2.32. The lowest BCUT2D eigenvalue weighted by molar-refractivity contribution is -0.150. The lowest BCUT2D eigenvalue weighted by Crippen LogP contribution is -2.40. The van der Waals surface area contributed by atoms with Gasteiger partial charge in [0.15, 0.2) is 6.10 Å². The van der Waals surface area contributed by atoms with Gasteiger partial charge in [-0.2, -0.15) is 0 Å². The molecule has 0 saturated heterocycles. The first-order valence-electron chi connectivity index (χ1n) is 7.45. The van der Waals surface area contributed by atoms with Gasteiger partial charge in [0.05, 0.1) is 14.2 Å². The minimum Gasteiger partial charge on any atom is -0.467 e. The topological polar surface area (TPSA) is 111 Å². The summed E-state index contributed by atoms with van der Waals surface area (Å²) in [5.74, 6) is -1.52. The predicted octanol–water partition coefficient (Wildman–Crippen LogP) is 0.935. The van der Waals surface area contributed by atoms with E-state index in [1.54, 1.807) is 12.1 Å². The van der Waals surface area contributed by atoms with Gasteiger partial charge >= 0.3 is 18.0 Å². The Morgan fingerprint density at radius 1 is 1.12 bits per heavy atom. The highest BCUT2D eigenvalue weighted by molar-refractivity contribution is 5.83. The van der Waals surface area contributed by atoms with E-state index in [4.69, 9.17) is 4.74 Å². The highest BCUT2D eigenvalue weighted by Gasteiger charge is 2.20. The number of carbonyl (C=O) groups is 3. The minimum atomic E-state index is -1.36. The lowest BCUT2D eigenvalue weighted by atomic mass is 10.2. The molecule has 0 aromatic heterocycles. The zero-order valence-electron chi connectivity index (χ0n) is 14.0. The van der Waals surface area contributed by atoms with E-state index in [1.807, 2.05) is 18.2 Å². The molecule has 1 aromatic carbocycles. The molecule has 136 valence electrons. The van der Waals surface area contributed by atoms with E-state index in [-0.39, 0.29) is 13.0 Å². The summed E-state index contributed by atoms with van der Waals surface area (Å²) in [5, 5.41) is 11.8. The van der Waals surface area contributed by atoms with Crippen LogP contribution in [-0.2, 0) is 30.4 Å². The minimum absolute atomic E-state index is 0.0470. The number of esters is 2. The second-order valence-corrected chi connectivity index (χ2v) is 4.91. The van der Waals surface area contributed by atoms with Crippen LogP contribution >= 0.6 is 0 Å². The van der Waals surface area contributed by atoms with Crippen molar-refractivity contribution in [3.8, 4) is 0 Å². The highest BCUT2D eigenvalue weighted by Crippen LogP contribution is 2.02. The monoisotopic (exact) mass is 351 g/mol. The average molecular weight is 351 g/mol. The maximum atomic E-state index is 11.8. The molecule has 0 spiro atoms. The Labute approximate surface area is 145 Å². The molecule has 0 aliphatic heterocycles. The number of benzene rings is 1. The Morgan fingerprint density at radius 3 is 2.36 bits per heavy atom. The van der Waals surface area contributed by atoms with Crippen LogP contribution in [-0.4, -0.2) is 49.5 Å². The van der Waals surface area contributed by atoms with E-state index in [9.17, 15) is 19.5 Å². The molecule has 1 rings (SSSR count). The summed E-state index contributed by atoms with van der Waals surface area (Å²) in [6.45, 7) is 0.0470. The van der Waals surface area contributed by atoms with Gasteiger partial charge in [0.1, 0.15) is 12.6 Å². The van der Waals surface area contributed by atoms with Gasteiger partial charge in [-0.15, -0.1) is 0 Å². The van der Waals surface area contributed by atoms with Crippen molar-refractivity contribution in [3.05, 3.63) is 48.0 Å². The number of aliphatic hydroxyl groups excluding tert-OH is 1. The van der Waals surface area contributed by atoms with Crippen LogP contribution in [0, 0.1) is 0 Å². The van der Waals surface area contributed by atoms with Crippen LogP contribution in [0.5, 0.6) is 0 Å². The van der Waals surface area contributed by atoms with Gasteiger partial charge in [0.25, 0.3) is 0 Å². The summed E-state index contributed by atoms with van der Waals surface area (Å²) >= 11 is 0. The number of methoxy groups -OCH3 is 2. The Balaban J connectivity index is 2.55. The fourth-order valence-electron chi connectivity index (χ4n) is 1.78. The van der Waals surface area contributed by atoms with Gasteiger partial charge < -0.3 is 24.6 Å². The lowest BCUT2D eigenvalue weighted by Gasteiger charge is -2.13. The summed E-state index contributed by atoms with van der Waals surface area (Å²) in [5.41, 5.74) is 0.795. The number of hydrogen-bond donors (Lipinski definition) is 2. The number of rotatable bonds is 8. The zero-order valence-corrected chi connectivity index (χ0v) is 14.0. The van der Waals surface area contributed by atoms with Crippen LogP contribution in [0.25, 0.3) is 0 Å². The number of hydrogen-bond acceptors (Lipinski definition) is 7. The maximum Gasteiger partial charge on any atom is 0.408 e. The van der Waals surface area contributed by atoms with Crippen LogP contribution < -0.4 is 5.32 Å². The Bertz CT molecular complexity index is 600. The number of alkyl carbamates (subject to hydrolysis) is 1. The predicted molar refractivity (Wildman–Crippen MR) is 87.3 cm³/mol. The summed E-state index contributed by atoms with van der Waals surface area (Å²) in [6.07, 6.45) is 0.408. The number of carbonyl (C=O) groups excluding carboxylic acids is 3. The molecule has 0 saturated carbocycles. The van der Waals surface area contributed by atoms with Crippen molar-refractivity contribution >= 4 is 18.0 Å². The molecule has 8 heteroatoms. The van der Waals surface area contributed by atoms with Gasteiger partial charge in [-0.25, -0.2) is 14.4 Å². The number of ether oxygens (including phenoxy) is 3. The van der Waals surface area contributed by atoms with Crippen LogP contribution in [0.3, 0.4) is 0 Å². The van der Waals surface area contributed by atoms with Crippen LogP contribution in [0.2, 0.25) is 0 Å². The molecule has 1 aromatic rings. The van der Waals surface area contributed by atoms with Gasteiger partial charge in [0, 0.05) is 6.42 Å². The molecule has 2 N–H and O–H groups in total. The molecular weight excluding hydrogens is 330 g/mol. The first-order valence-corrected chi connectivity index (χ1v) is 7.45. The Morgan fingerprint density at radius 2 is 1.76 bits per heavy atom. The Hall–Kier alpha value is -2.87. The number of nitrogens with one attached hydrogen (secondary N) is 1. The third-order valence-electron chi connectivity index (χ3n) is 3.10. The van der Waals surface area contributed by atoms with E-state index in [0.717, 1.165) is 12.7 Å². The molecular formula is C17H21NO7. The number of aliphatic hydroxyl groups is 1. The van der Waals surface area contributed by atoms with E-state index in [0.29, 0.717) is 0 Å². The molecule has 1 amide bonds. The van der Waals surface area contributed by atoms with E-state index in [1.165, 1.54) is 19.3 Å². The van der Waals surface area contributed by atoms with Crippen molar-refractivity contribution in [1.82, 2.24) is 5.32 Å². The van der Waals surface area contributed by atoms with Gasteiger partial charge in [-0.05, 0) is 5.56 Å². The third-order valence-corrected chi connectivity index (χ3v) is 3.10. The van der Waals surface area contributed by atoms with Crippen molar-refractivity contribution < 1.29 is 33.7 Å². The van der Waals surface area contributed by atoms with Gasteiger partial charge in [-0.3, -0.25) is 0 Å². The average Bonchev–Trinajstić information content (AvgIpc) is 2.64. The maximum absolute atomic E-state index is 11.8. The summed E-state index contributed by atoms with van der Waals surface area (Å²) in [6, 6.07) is 7.92. The van der Waals surface area contributed by atoms with Crippen LogP contribution in [0.1, 0.15) is 12.0 Å². The fourth-order valence-corrected chi connectivity index (χ4v) is 1.78. The molecule has 0 unspecified atom stereocenters. The summed E-state index contributed by atoms with van der Waals surface area (Å²) < 4.78 is 14.0. The zero-order chi connectivity index (χ0) is 18.7. The van der Waals surface area contributed by atoms with E-state index < -0.39 is 30.2 Å². The molecule has 0 aliphatic carbocycles. The van der Waals surface area contributed by atoms with Crippen LogP contribution in [0.4, 0.5) is 4.79 Å². The smallest absolute Gasteiger partial charge is 0.408 e. The van der Waals surface area contributed by atoms with Crippen molar-refractivity contribution in [3.63, 3.8) is 0 Å². The fraction of sp³-hybridized carbons (Fsp3) is 0.353. The van der Waals surface area contributed by atoms with Gasteiger partial charge in [-0.1, -0.05) is 42.5 Å². The van der Waals surface area contributed by atoms with Crippen molar-refractivity contribution in [2.75, 3.05) is 14.2 Å². The molecule has 2 atom stereocenters. The quantitative estimate of drug-likeness (QED) is 0.407. The van der Waals surface area contributed by atoms with E-state index in [2.05, 4.69) is 14.8 Å². The van der Waals surface area contributed by atoms with Crippen LogP contribution in [0.15, 0.2) is 42.5 Å². The Kier molecular flexibility index (Phi) is 8.73. The van der Waals surface area contributed by atoms with Gasteiger partial charge in [0.2, 0.25) is 0 Å². The molecule has 0 bridgehead atoms. The molecule has 0 radical (unpaired) electrons. The first kappa shape index (κ1) is 20.2. The normalized spacial score (nSPS) is 12.9. The standard InChI is InChI=1S/C17H21NO7/c1-23-15(20)13(9-6-10-14(19)16(21)24-2)18-17(22)25-11-12-7-4-3-5-8-12/h3-9,13-14,19H,10-11H2,1-2H3,(H,18,22)/b9-6+/t13-,14-/m0/s1. The largest absolute Gasteiger partial charge is 0.467 e. The first-order chi connectivity index (χ1) is 12.0. The molecule has 0 heterocycles. The molecule has 0 aliphatic rings. The van der Waals surface area contributed by atoms with Crippen molar-refractivity contribution in [1.29, 1.82) is 0 Å². The highest BCUT2D eigenvalue weighted by atomic mass is 16.6.